The van der Waals surface area contributed by atoms with Gasteiger partial charge in [-0.1, -0.05) is 26.7 Å². The van der Waals surface area contributed by atoms with Crippen LogP contribution in [0.15, 0.2) is 0 Å². The van der Waals surface area contributed by atoms with Gasteiger partial charge in [-0.05, 0) is 30.7 Å². The third kappa shape index (κ3) is 1.20. The monoisotopic (exact) mass is 141 g/mol. The van der Waals surface area contributed by atoms with Crippen LogP contribution in [-0.2, 0) is 0 Å². The lowest BCUT2D eigenvalue weighted by Gasteiger charge is -2.12. The van der Waals surface area contributed by atoms with Crippen LogP contribution >= 0.6 is 0 Å². The highest BCUT2D eigenvalue weighted by molar-refractivity contribution is 5.01. The molecule has 2 atom stereocenters. The first kappa shape index (κ1) is 8.06. The summed E-state index contributed by atoms with van der Waals surface area (Å²) >= 11 is 0. The van der Waals surface area contributed by atoms with E-state index in [4.69, 9.17) is 5.73 Å². The van der Waals surface area contributed by atoms with Crippen molar-refractivity contribution in [1.29, 1.82) is 0 Å². The Kier molecular flexibility index (Phi) is 2.35. The average Bonchev–Trinajstić information content (AvgIpc) is 2.65. The van der Waals surface area contributed by atoms with Gasteiger partial charge in [-0.2, -0.15) is 0 Å². The summed E-state index contributed by atoms with van der Waals surface area (Å²) in [7, 11) is 0. The van der Waals surface area contributed by atoms with Crippen molar-refractivity contribution in [3.63, 3.8) is 0 Å². The molecule has 1 rings (SSSR count). The number of nitrogens with two attached hydrogens (primary N) is 1. The third-order valence-electron chi connectivity index (χ3n) is 3.10. The van der Waals surface area contributed by atoms with Crippen LogP contribution in [0.2, 0.25) is 0 Å². The molecule has 1 saturated carbocycles. The van der Waals surface area contributed by atoms with Gasteiger partial charge in [-0.3, -0.25) is 0 Å². The lowest BCUT2D eigenvalue weighted by atomic mass is 9.94. The molecule has 10 heavy (non-hydrogen) atoms. The van der Waals surface area contributed by atoms with Gasteiger partial charge in [0.2, 0.25) is 0 Å². The minimum absolute atomic E-state index is 0.684. The van der Waals surface area contributed by atoms with Crippen molar-refractivity contribution < 1.29 is 0 Å². The van der Waals surface area contributed by atoms with Gasteiger partial charge in [0.1, 0.15) is 0 Å². The van der Waals surface area contributed by atoms with Crippen LogP contribution in [-0.4, -0.2) is 6.54 Å². The molecule has 0 spiro atoms. The quantitative estimate of drug-likeness (QED) is 0.638. The van der Waals surface area contributed by atoms with Crippen LogP contribution in [0.3, 0.4) is 0 Å². The molecule has 60 valence electrons. The van der Waals surface area contributed by atoms with Crippen LogP contribution in [0, 0.1) is 11.3 Å². The highest BCUT2D eigenvalue weighted by Crippen LogP contribution is 2.57. The molecule has 0 aromatic heterocycles. The van der Waals surface area contributed by atoms with E-state index in [9.17, 15) is 0 Å². The lowest BCUT2D eigenvalue weighted by molar-refractivity contribution is 0.400. The second-order valence-electron chi connectivity index (χ2n) is 3.60. The van der Waals surface area contributed by atoms with Crippen LogP contribution < -0.4 is 5.73 Å². The molecule has 0 aliphatic heterocycles. The van der Waals surface area contributed by atoms with E-state index in [2.05, 4.69) is 13.8 Å². The Labute approximate surface area is 64.0 Å². The minimum Gasteiger partial charge on any atom is -0.330 e. The highest BCUT2D eigenvalue weighted by atomic mass is 14.7. The van der Waals surface area contributed by atoms with E-state index in [0.717, 1.165) is 12.5 Å². The van der Waals surface area contributed by atoms with Gasteiger partial charge in [0, 0.05) is 0 Å². The molecule has 2 N–H and O–H groups in total. The van der Waals surface area contributed by atoms with Crippen molar-refractivity contribution in [2.45, 2.75) is 39.5 Å². The maximum Gasteiger partial charge on any atom is -0.00433 e. The Bertz CT molecular complexity index is 111. The van der Waals surface area contributed by atoms with E-state index in [0.29, 0.717) is 5.41 Å². The lowest BCUT2D eigenvalue weighted by Crippen LogP contribution is -2.10. The Hall–Kier alpha value is -0.0400. The van der Waals surface area contributed by atoms with Crippen LogP contribution in [0.4, 0.5) is 0 Å². The fraction of sp³-hybridized carbons (Fsp3) is 1.00. The molecule has 0 radical (unpaired) electrons. The molecule has 1 aliphatic carbocycles. The van der Waals surface area contributed by atoms with E-state index in [1.54, 1.807) is 0 Å². The summed E-state index contributed by atoms with van der Waals surface area (Å²) < 4.78 is 0. The van der Waals surface area contributed by atoms with Gasteiger partial charge in [0.25, 0.3) is 0 Å². The molecule has 1 nitrogen and oxygen atoms in total. The molecule has 2 unspecified atom stereocenters. The largest absolute Gasteiger partial charge is 0.330 e. The fourth-order valence-electron chi connectivity index (χ4n) is 2.18. The van der Waals surface area contributed by atoms with Crippen molar-refractivity contribution in [3.05, 3.63) is 0 Å². The molecule has 0 aromatic rings. The zero-order valence-electron chi connectivity index (χ0n) is 7.19. The van der Waals surface area contributed by atoms with E-state index in [1.165, 1.54) is 25.7 Å². The Morgan fingerprint density at radius 3 is 2.50 bits per heavy atom. The van der Waals surface area contributed by atoms with Crippen molar-refractivity contribution in [2.24, 2.45) is 17.1 Å². The molecule has 1 fully saturated rings. The molecular weight excluding hydrogens is 122 g/mol. The van der Waals surface area contributed by atoms with Gasteiger partial charge < -0.3 is 5.73 Å². The molecule has 0 amide bonds. The van der Waals surface area contributed by atoms with E-state index in [-0.39, 0.29) is 0 Å². The van der Waals surface area contributed by atoms with Gasteiger partial charge in [0.05, 0.1) is 0 Å². The van der Waals surface area contributed by atoms with E-state index < -0.39 is 0 Å². The Balaban J connectivity index is 2.34. The Morgan fingerprint density at radius 1 is 1.50 bits per heavy atom. The summed E-state index contributed by atoms with van der Waals surface area (Å²) in [4.78, 5) is 0. The molecule has 0 saturated heterocycles. The van der Waals surface area contributed by atoms with Crippen LogP contribution in [0.5, 0.6) is 0 Å². The van der Waals surface area contributed by atoms with Crippen molar-refractivity contribution >= 4 is 0 Å². The number of rotatable bonds is 4. The summed E-state index contributed by atoms with van der Waals surface area (Å²) in [6.45, 7) is 5.47. The molecule has 0 aromatic carbocycles. The van der Waals surface area contributed by atoms with E-state index >= 15 is 0 Å². The van der Waals surface area contributed by atoms with Crippen molar-refractivity contribution in [2.75, 3.05) is 6.54 Å². The predicted octanol–water partition coefficient (Wildman–Crippen LogP) is 2.16. The smallest absolute Gasteiger partial charge is 0.00433 e. The first-order valence-electron chi connectivity index (χ1n) is 4.49. The standard InChI is InChI=1S/C9H19N/c1-3-5-9(4-2)6-8(9)7-10/h8H,3-7,10H2,1-2H3. The molecule has 1 heteroatoms. The second kappa shape index (κ2) is 2.91. The first-order valence-corrected chi connectivity index (χ1v) is 4.49. The predicted molar refractivity (Wildman–Crippen MR) is 44.8 cm³/mol. The van der Waals surface area contributed by atoms with Crippen LogP contribution in [0.1, 0.15) is 39.5 Å². The molecule has 1 aliphatic rings. The van der Waals surface area contributed by atoms with Gasteiger partial charge in [-0.25, -0.2) is 0 Å². The first-order chi connectivity index (χ1) is 4.79. The maximum absolute atomic E-state index is 5.62. The zero-order chi connectivity index (χ0) is 7.61. The van der Waals surface area contributed by atoms with Gasteiger partial charge in [0.15, 0.2) is 0 Å². The van der Waals surface area contributed by atoms with Gasteiger partial charge in [-0.15, -0.1) is 0 Å². The normalized spacial score (nSPS) is 38.1. The number of hydrogen-bond acceptors (Lipinski definition) is 1. The summed E-state index contributed by atoms with van der Waals surface area (Å²) in [5.41, 5.74) is 6.30. The Morgan fingerprint density at radius 2 is 2.20 bits per heavy atom. The van der Waals surface area contributed by atoms with Crippen LogP contribution in [0.25, 0.3) is 0 Å². The van der Waals surface area contributed by atoms with E-state index in [1.807, 2.05) is 0 Å². The summed E-state index contributed by atoms with van der Waals surface area (Å²) in [5, 5.41) is 0. The summed E-state index contributed by atoms with van der Waals surface area (Å²) in [5.74, 6) is 0.859. The zero-order valence-corrected chi connectivity index (χ0v) is 7.19. The maximum atomic E-state index is 5.62. The SMILES string of the molecule is CCCC1(CC)CC1CN. The summed E-state index contributed by atoms with van der Waals surface area (Å²) in [6.07, 6.45) is 5.45. The average molecular weight is 141 g/mol. The van der Waals surface area contributed by atoms with Crippen molar-refractivity contribution in [3.8, 4) is 0 Å². The summed E-state index contributed by atoms with van der Waals surface area (Å²) in [6, 6.07) is 0. The number of hydrogen-bond donors (Lipinski definition) is 1. The van der Waals surface area contributed by atoms with Crippen molar-refractivity contribution in [1.82, 2.24) is 0 Å². The van der Waals surface area contributed by atoms with Gasteiger partial charge >= 0.3 is 0 Å². The highest BCUT2D eigenvalue weighted by Gasteiger charge is 2.50. The second-order valence-corrected chi connectivity index (χ2v) is 3.60. The molecule has 0 heterocycles. The topological polar surface area (TPSA) is 26.0 Å². The minimum atomic E-state index is 0.684. The molecule has 0 bridgehead atoms. The fourth-order valence-corrected chi connectivity index (χ4v) is 2.18. The third-order valence-corrected chi connectivity index (χ3v) is 3.10. The molecular formula is C9H19N.